The molecule has 0 bridgehead atoms. The molecule has 0 unspecified atom stereocenters. The van der Waals surface area contributed by atoms with E-state index in [-0.39, 0.29) is 5.84 Å². The molecule has 0 aliphatic rings. The molecule has 2 aromatic carbocycles. The third-order valence-electron chi connectivity index (χ3n) is 2.31. The molecule has 3 nitrogen and oxygen atoms in total. The number of halogens is 3. The first-order chi connectivity index (χ1) is 8.95. The Morgan fingerprint density at radius 1 is 1.26 bits per heavy atom. The Morgan fingerprint density at radius 2 is 2.00 bits per heavy atom. The Morgan fingerprint density at radius 3 is 2.58 bits per heavy atom. The zero-order chi connectivity index (χ0) is 14.0. The largest absolute Gasteiger partial charge is 0.456 e. The van der Waals surface area contributed by atoms with Gasteiger partial charge >= 0.3 is 0 Å². The maximum Gasteiger partial charge on any atom is 0.146 e. The average Bonchev–Trinajstić information content (AvgIpc) is 2.30. The fourth-order valence-electron chi connectivity index (χ4n) is 1.47. The van der Waals surface area contributed by atoms with Gasteiger partial charge in [0.1, 0.15) is 23.2 Å². The molecule has 0 aliphatic carbocycles. The van der Waals surface area contributed by atoms with Crippen LogP contribution in [0.5, 0.6) is 11.5 Å². The van der Waals surface area contributed by atoms with E-state index in [2.05, 4.69) is 15.9 Å². The SMILES string of the molecule is N=C(N)c1ccc(Oc2cc(F)cc(Br)c2)c(Cl)c1. The smallest absolute Gasteiger partial charge is 0.146 e. The molecule has 0 atom stereocenters. The lowest BCUT2D eigenvalue weighted by molar-refractivity contribution is 0.476. The van der Waals surface area contributed by atoms with Gasteiger partial charge in [0.25, 0.3) is 0 Å². The van der Waals surface area contributed by atoms with Crippen molar-refractivity contribution < 1.29 is 9.13 Å². The molecule has 19 heavy (non-hydrogen) atoms. The van der Waals surface area contributed by atoms with Crippen LogP contribution >= 0.6 is 27.5 Å². The first kappa shape index (κ1) is 13.8. The topological polar surface area (TPSA) is 59.1 Å². The summed E-state index contributed by atoms with van der Waals surface area (Å²) in [6, 6.07) is 8.91. The summed E-state index contributed by atoms with van der Waals surface area (Å²) in [7, 11) is 0. The predicted molar refractivity (Wildman–Crippen MR) is 76.6 cm³/mol. The normalized spacial score (nSPS) is 10.3. The van der Waals surface area contributed by atoms with Crippen LogP contribution in [0, 0.1) is 11.2 Å². The van der Waals surface area contributed by atoms with Crippen LogP contribution < -0.4 is 10.5 Å². The van der Waals surface area contributed by atoms with Crippen molar-refractivity contribution in [2.75, 3.05) is 0 Å². The number of nitrogens with two attached hydrogens (primary N) is 1. The van der Waals surface area contributed by atoms with Gasteiger partial charge in [0.15, 0.2) is 0 Å². The van der Waals surface area contributed by atoms with Gasteiger partial charge in [0, 0.05) is 16.1 Å². The molecule has 0 saturated heterocycles. The molecule has 0 saturated carbocycles. The van der Waals surface area contributed by atoms with Crippen LogP contribution in [0.4, 0.5) is 4.39 Å². The minimum Gasteiger partial charge on any atom is -0.456 e. The molecule has 0 spiro atoms. The van der Waals surface area contributed by atoms with Crippen molar-refractivity contribution in [2.45, 2.75) is 0 Å². The van der Waals surface area contributed by atoms with E-state index in [9.17, 15) is 4.39 Å². The van der Waals surface area contributed by atoms with E-state index >= 15 is 0 Å². The van der Waals surface area contributed by atoms with Crippen molar-refractivity contribution >= 4 is 33.4 Å². The molecular weight excluding hydrogens is 335 g/mol. The quantitative estimate of drug-likeness (QED) is 0.644. The van der Waals surface area contributed by atoms with Crippen LogP contribution in [-0.4, -0.2) is 5.84 Å². The lowest BCUT2D eigenvalue weighted by Crippen LogP contribution is -2.10. The Hall–Kier alpha value is -1.59. The van der Waals surface area contributed by atoms with E-state index in [0.717, 1.165) is 0 Å². The summed E-state index contributed by atoms with van der Waals surface area (Å²) >= 11 is 9.20. The zero-order valence-corrected chi connectivity index (χ0v) is 11.9. The highest BCUT2D eigenvalue weighted by molar-refractivity contribution is 9.10. The van der Waals surface area contributed by atoms with E-state index in [1.54, 1.807) is 18.2 Å². The van der Waals surface area contributed by atoms with Gasteiger partial charge in [-0.25, -0.2) is 4.39 Å². The fraction of sp³-hybridized carbons (Fsp3) is 0. The lowest BCUT2D eigenvalue weighted by atomic mass is 10.2. The first-order valence-corrected chi connectivity index (χ1v) is 6.40. The second-order valence-electron chi connectivity index (χ2n) is 3.77. The van der Waals surface area contributed by atoms with Gasteiger partial charge < -0.3 is 10.5 Å². The van der Waals surface area contributed by atoms with Crippen LogP contribution in [0.1, 0.15) is 5.56 Å². The van der Waals surface area contributed by atoms with Crippen LogP contribution in [0.15, 0.2) is 40.9 Å². The number of benzene rings is 2. The Balaban J connectivity index is 2.30. The molecule has 0 amide bonds. The second-order valence-corrected chi connectivity index (χ2v) is 5.09. The summed E-state index contributed by atoms with van der Waals surface area (Å²) in [5.74, 6) is 0.191. The summed E-state index contributed by atoms with van der Waals surface area (Å²) in [4.78, 5) is 0. The molecule has 6 heteroatoms. The van der Waals surface area contributed by atoms with Gasteiger partial charge in [-0.2, -0.15) is 0 Å². The van der Waals surface area contributed by atoms with Gasteiger partial charge in [0.05, 0.1) is 5.02 Å². The third kappa shape index (κ3) is 3.45. The molecule has 0 aromatic heterocycles. The molecular formula is C13H9BrClFN2O. The summed E-state index contributed by atoms with van der Waals surface area (Å²) < 4.78 is 19.3. The van der Waals surface area contributed by atoms with E-state index in [1.807, 2.05) is 0 Å². The highest BCUT2D eigenvalue weighted by atomic mass is 79.9. The summed E-state index contributed by atoms with van der Waals surface area (Å²) in [6.07, 6.45) is 0. The maximum absolute atomic E-state index is 13.2. The number of hydrogen-bond acceptors (Lipinski definition) is 2. The first-order valence-electron chi connectivity index (χ1n) is 5.23. The van der Waals surface area contributed by atoms with Crippen molar-refractivity contribution in [2.24, 2.45) is 5.73 Å². The van der Waals surface area contributed by atoms with Crippen LogP contribution in [0.25, 0.3) is 0 Å². The van der Waals surface area contributed by atoms with Crippen molar-refractivity contribution in [1.82, 2.24) is 0 Å². The summed E-state index contributed by atoms with van der Waals surface area (Å²) in [6.45, 7) is 0. The standard InChI is InChI=1S/C13H9BrClFN2O/c14-8-4-9(16)6-10(5-8)19-12-2-1-7(13(17)18)3-11(12)15/h1-6H,(H3,17,18). The van der Waals surface area contributed by atoms with Crippen LogP contribution in [0.3, 0.4) is 0 Å². The maximum atomic E-state index is 13.2. The van der Waals surface area contributed by atoms with E-state index in [4.69, 9.17) is 27.5 Å². The van der Waals surface area contributed by atoms with E-state index < -0.39 is 5.82 Å². The second kappa shape index (κ2) is 5.59. The van der Waals surface area contributed by atoms with Crippen LogP contribution in [-0.2, 0) is 0 Å². The minimum atomic E-state index is -0.416. The molecule has 0 heterocycles. The average molecular weight is 344 g/mol. The number of hydrogen-bond donors (Lipinski definition) is 2. The highest BCUT2D eigenvalue weighted by Crippen LogP contribution is 2.31. The number of ether oxygens (including phenoxy) is 1. The monoisotopic (exact) mass is 342 g/mol. The molecule has 98 valence electrons. The lowest BCUT2D eigenvalue weighted by Gasteiger charge is -2.09. The molecule has 0 fully saturated rings. The number of rotatable bonds is 3. The predicted octanol–water partition coefficient (Wildman–Crippen LogP) is 4.32. The number of nitrogens with one attached hydrogen (secondary N) is 1. The number of amidine groups is 1. The summed E-state index contributed by atoms with van der Waals surface area (Å²) in [5, 5.41) is 7.60. The molecule has 3 N–H and O–H groups in total. The van der Waals surface area contributed by atoms with Gasteiger partial charge in [-0.15, -0.1) is 0 Å². The zero-order valence-electron chi connectivity index (χ0n) is 9.58. The Labute approximate surface area is 122 Å². The van der Waals surface area contributed by atoms with Gasteiger partial charge in [-0.05, 0) is 30.3 Å². The molecule has 0 radical (unpaired) electrons. The molecule has 2 rings (SSSR count). The Bertz CT molecular complexity index is 628. The van der Waals surface area contributed by atoms with E-state index in [0.29, 0.717) is 26.6 Å². The number of nitrogen functional groups attached to an aromatic ring is 1. The van der Waals surface area contributed by atoms with Crippen molar-refractivity contribution in [3.8, 4) is 11.5 Å². The van der Waals surface area contributed by atoms with Crippen molar-refractivity contribution in [3.63, 3.8) is 0 Å². The van der Waals surface area contributed by atoms with Crippen molar-refractivity contribution in [1.29, 1.82) is 5.41 Å². The van der Waals surface area contributed by atoms with Gasteiger partial charge in [0.2, 0.25) is 0 Å². The molecule has 0 aliphatic heterocycles. The van der Waals surface area contributed by atoms with Crippen LogP contribution in [0.2, 0.25) is 5.02 Å². The van der Waals surface area contributed by atoms with Gasteiger partial charge in [-0.1, -0.05) is 27.5 Å². The minimum absolute atomic E-state index is 0.0815. The van der Waals surface area contributed by atoms with E-state index in [1.165, 1.54) is 18.2 Å². The Kier molecular flexibility index (Phi) is 4.07. The molecule has 2 aromatic rings. The van der Waals surface area contributed by atoms with Gasteiger partial charge in [-0.3, -0.25) is 5.41 Å². The third-order valence-corrected chi connectivity index (χ3v) is 3.06. The summed E-state index contributed by atoms with van der Waals surface area (Å²) in [5.41, 5.74) is 5.85. The highest BCUT2D eigenvalue weighted by Gasteiger charge is 2.07. The fourth-order valence-corrected chi connectivity index (χ4v) is 2.13. The van der Waals surface area contributed by atoms with Crippen molar-refractivity contribution in [3.05, 3.63) is 57.3 Å².